The Balaban J connectivity index is 1.67. The van der Waals surface area contributed by atoms with Crippen molar-refractivity contribution in [3.05, 3.63) is 126 Å². The average Bonchev–Trinajstić information content (AvgIpc) is 3.22. The molecule has 0 radical (unpaired) electrons. The second kappa shape index (κ2) is 8.76. The van der Waals surface area contributed by atoms with Crippen LogP contribution in [-0.2, 0) is 5.60 Å². The number of hydrogen-bond acceptors (Lipinski definition) is 1. The number of benzene rings is 5. The van der Waals surface area contributed by atoms with Crippen molar-refractivity contribution in [2.75, 3.05) is 0 Å². The molecule has 0 atom stereocenters. The lowest BCUT2D eigenvalue weighted by Gasteiger charge is -2.23. The Morgan fingerprint density at radius 3 is 1.43 bits per heavy atom. The third kappa shape index (κ3) is 4.14. The molecule has 0 aliphatic rings. The van der Waals surface area contributed by atoms with Crippen LogP contribution in [0, 0.1) is 13.8 Å². The van der Waals surface area contributed by atoms with Gasteiger partial charge in [-0.1, -0.05) is 90.0 Å². The van der Waals surface area contributed by atoms with Gasteiger partial charge >= 0.3 is 0 Å². The zero-order valence-electron chi connectivity index (χ0n) is 21.8. The third-order valence-electron chi connectivity index (χ3n) is 7.34. The predicted octanol–water partition coefficient (Wildman–Crippen LogP) is 8.96. The first-order chi connectivity index (χ1) is 17.8. The van der Waals surface area contributed by atoms with Crippen LogP contribution < -0.4 is 0 Å². The van der Waals surface area contributed by atoms with Gasteiger partial charge in [0.2, 0.25) is 0 Å². The van der Waals surface area contributed by atoms with E-state index in [1.807, 2.05) is 32.0 Å². The van der Waals surface area contributed by atoms with Gasteiger partial charge in [0.1, 0.15) is 0 Å². The third-order valence-corrected chi connectivity index (χ3v) is 7.34. The van der Waals surface area contributed by atoms with E-state index in [1.54, 1.807) is 0 Å². The molecule has 0 amide bonds. The van der Waals surface area contributed by atoms with Crippen molar-refractivity contribution in [3.63, 3.8) is 0 Å². The fourth-order valence-electron chi connectivity index (χ4n) is 5.32. The quantitative estimate of drug-likeness (QED) is 0.267. The van der Waals surface area contributed by atoms with Crippen molar-refractivity contribution >= 4 is 21.8 Å². The van der Waals surface area contributed by atoms with E-state index < -0.39 is 5.60 Å². The Hall–Kier alpha value is -4.14. The molecule has 37 heavy (non-hydrogen) atoms. The molecule has 1 N–H and O–H groups in total. The number of nitrogens with zero attached hydrogens (tertiary/aromatic N) is 1. The highest BCUT2D eigenvalue weighted by Gasteiger charge is 2.23. The molecule has 2 nitrogen and oxygen atoms in total. The van der Waals surface area contributed by atoms with E-state index in [9.17, 15) is 5.11 Å². The highest BCUT2D eigenvalue weighted by molar-refractivity contribution is 6.11. The molecule has 0 aliphatic carbocycles. The minimum atomic E-state index is -0.969. The maximum absolute atomic E-state index is 11.0. The fraction of sp³-hybridized carbons (Fsp3) is 0.143. The number of rotatable bonds is 4. The highest BCUT2D eigenvalue weighted by Crippen LogP contribution is 2.39. The molecular weight excluding hydrogens is 450 g/mol. The zero-order chi connectivity index (χ0) is 25.7. The minimum absolute atomic E-state index is 0.902. The lowest BCUT2D eigenvalue weighted by atomic mass is 9.96. The Morgan fingerprint density at radius 1 is 0.541 bits per heavy atom. The van der Waals surface area contributed by atoms with Crippen molar-refractivity contribution in [1.82, 2.24) is 4.57 Å². The van der Waals surface area contributed by atoms with Crippen molar-refractivity contribution in [2.45, 2.75) is 33.3 Å². The molecule has 2 heteroatoms. The Labute approximate surface area is 218 Å². The molecule has 6 rings (SSSR count). The normalized spacial score (nSPS) is 11.9. The maximum atomic E-state index is 11.0. The first-order valence-electron chi connectivity index (χ1n) is 12.8. The molecule has 0 saturated heterocycles. The average molecular weight is 482 g/mol. The summed E-state index contributed by atoms with van der Waals surface area (Å²) in [6.07, 6.45) is 0. The lowest BCUT2D eigenvalue weighted by Crippen LogP contribution is -2.18. The van der Waals surface area contributed by atoms with Crippen molar-refractivity contribution in [1.29, 1.82) is 0 Å². The number of hydrogen-bond donors (Lipinski definition) is 1. The summed E-state index contributed by atoms with van der Waals surface area (Å²) in [5.41, 5.74) is 10.5. The van der Waals surface area contributed by atoms with Gasteiger partial charge in [0.05, 0.1) is 22.3 Å². The van der Waals surface area contributed by atoms with Gasteiger partial charge in [-0.15, -0.1) is 0 Å². The fourth-order valence-corrected chi connectivity index (χ4v) is 5.32. The first kappa shape index (κ1) is 23.3. The summed E-state index contributed by atoms with van der Waals surface area (Å²) in [4.78, 5) is 0. The number of para-hydroxylation sites is 1. The van der Waals surface area contributed by atoms with Gasteiger partial charge in [-0.25, -0.2) is 0 Å². The molecule has 5 aromatic carbocycles. The van der Waals surface area contributed by atoms with E-state index in [1.165, 1.54) is 44.2 Å². The largest absolute Gasteiger partial charge is 0.386 e. The molecular formula is C35H31NO. The second-order valence-corrected chi connectivity index (χ2v) is 10.6. The van der Waals surface area contributed by atoms with Crippen LogP contribution in [0.15, 0.2) is 109 Å². The van der Waals surface area contributed by atoms with Crippen LogP contribution in [0.5, 0.6) is 0 Å². The number of fused-ring (bicyclic) bond motifs is 3. The van der Waals surface area contributed by atoms with Gasteiger partial charge in [-0.2, -0.15) is 0 Å². The predicted molar refractivity (Wildman–Crippen MR) is 156 cm³/mol. The second-order valence-electron chi connectivity index (χ2n) is 10.6. The van der Waals surface area contributed by atoms with Crippen LogP contribution in [-0.4, -0.2) is 9.67 Å². The summed E-state index contributed by atoms with van der Waals surface area (Å²) in [5, 5.41) is 13.4. The summed E-state index contributed by atoms with van der Waals surface area (Å²) in [6, 6.07) is 39.1. The molecule has 0 spiro atoms. The van der Waals surface area contributed by atoms with E-state index in [-0.39, 0.29) is 0 Å². The topological polar surface area (TPSA) is 25.2 Å². The molecule has 1 aromatic heterocycles. The minimum Gasteiger partial charge on any atom is -0.386 e. The van der Waals surface area contributed by atoms with Gasteiger partial charge in [-0.3, -0.25) is 0 Å². The first-order valence-corrected chi connectivity index (χ1v) is 12.8. The Morgan fingerprint density at radius 2 is 0.973 bits per heavy atom. The van der Waals surface area contributed by atoms with Crippen LogP contribution >= 0.6 is 0 Å². The van der Waals surface area contributed by atoms with Crippen LogP contribution in [0.2, 0.25) is 0 Å². The van der Waals surface area contributed by atoms with E-state index in [2.05, 4.69) is 109 Å². The van der Waals surface area contributed by atoms with Gasteiger partial charge in [-0.05, 0) is 80.3 Å². The van der Waals surface area contributed by atoms with E-state index in [0.29, 0.717) is 0 Å². The van der Waals surface area contributed by atoms with Crippen LogP contribution in [0.25, 0.3) is 49.7 Å². The molecule has 0 unspecified atom stereocenters. The Bertz CT molecular complexity index is 1640. The van der Waals surface area contributed by atoms with Crippen molar-refractivity contribution < 1.29 is 5.11 Å². The van der Waals surface area contributed by atoms with Gasteiger partial charge < -0.3 is 9.67 Å². The van der Waals surface area contributed by atoms with Gasteiger partial charge in [0, 0.05) is 16.3 Å². The summed E-state index contributed by atoms with van der Waals surface area (Å²) < 4.78 is 2.30. The van der Waals surface area contributed by atoms with Gasteiger partial charge in [0.25, 0.3) is 0 Å². The molecule has 0 aliphatic heterocycles. The molecule has 182 valence electrons. The van der Waals surface area contributed by atoms with E-state index in [4.69, 9.17) is 0 Å². The summed E-state index contributed by atoms with van der Waals surface area (Å²) in [6.45, 7) is 7.94. The monoisotopic (exact) mass is 481 g/mol. The molecule has 6 aromatic rings. The van der Waals surface area contributed by atoms with Gasteiger partial charge in [0.15, 0.2) is 0 Å². The van der Waals surface area contributed by atoms with Crippen molar-refractivity contribution in [2.24, 2.45) is 0 Å². The van der Waals surface area contributed by atoms with Crippen LogP contribution in [0.1, 0.15) is 30.5 Å². The smallest absolute Gasteiger partial charge is 0.0860 e. The van der Waals surface area contributed by atoms with Crippen molar-refractivity contribution in [3.8, 4) is 27.9 Å². The standard InChI is InChI=1S/C35H31NO/c1-23-9-13-25(14-10-23)27-17-19-32-29(21-27)30-22-28(26-15-11-24(2)12-16-26)18-20-33(30)36(32)34-8-6-5-7-31(34)35(3,4)37/h5-22,37H,1-4H3. The zero-order valence-corrected chi connectivity index (χ0v) is 21.8. The number of aryl methyl sites for hydroxylation is 2. The number of aromatic nitrogens is 1. The Kier molecular flexibility index (Phi) is 5.51. The SMILES string of the molecule is Cc1ccc(-c2ccc3c(c2)c2cc(-c4ccc(C)cc4)ccc2n3-c2ccccc2C(C)(C)O)cc1. The summed E-state index contributed by atoms with van der Waals surface area (Å²) in [7, 11) is 0. The lowest BCUT2D eigenvalue weighted by molar-refractivity contribution is 0.0786. The molecule has 0 bridgehead atoms. The molecule has 1 heterocycles. The van der Waals surface area contributed by atoms with E-state index >= 15 is 0 Å². The van der Waals surface area contributed by atoms with Crippen LogP contribution in [0.4, 0.5) is 0 Å². The van der Waals surface area contributed by atoms with E-state index in [0.717, 1.165) is 22.3 Å². The molecule has 0 saturated carbocycles. The summed E-state index contributed by atoms with van der Waals surface area (Å²) >= 11 is 0. The number of aliphatic hydroxyl groups is 1. The van der Waals surface area contributed by atoms with Crippen LogP contribution in [0.3, 0.4) is 0 Å². The molecule has 0 fully saturated rings. The maximum Gasteiger partial charge on any atom is 0.0860 e. The highest BCUT2D eigenvalue weighted by atomic mass is 16.3. The summed E-state index contributed by atoms with van der Waals surface area (Å²) in [5.74, 6) is 0.